The molecule has 0 saturated carbocycles. The highest BCUT2D eigenvalue weighted by Gasteiger charge is 2.34. The van der Waals surface area contributed by atoms with Gasteiger partial charge in [0.05, 0.1) is 31.1 Å². The van der Waals surface area contributed by atoms with Gasteiger partial charge in [-0.1, -0.05) is 0 Å². The monoisotopic (exact) mass is 412 g/mol. The molecule has 2 saturated heterocycles. The molecule has 156 valence electrons. The first-order chi connectivity index (χ1) is 13.5. The van der Waals surface area contributed by atoms with Gasteiger partial charge in [0.1, 0.15) is 0 Å². The number of hydrogen-bond donors (Lipinski definition) is 1. The lowest BCUT2D eigenvalue weighted by Crippen LogP contribution is -2.46. The third-order valence-corrected chi connectivity index (χ3v) is 7.14. The number of amides is 1. The molecule has 0 unspecified atom stereocenters. The molecule has 1 aromatic carbocycles. The normalized spacial score (nSPS) is 23.4. The van der Waals surface area contributed by atoms with Gasteiger partial charge in [-0.15, -0.1) is 0 Å². The largest absolute Gasteiger partial charge is 0.493 e. The van der Waals surface area contributed by atoms with E-state index in [1.54, 1.807) is 6.07 Å². The number of ether oxygens (including phenoxy) is 3. The Labute approximate surface area is 166 Å². The Morgan fingerprint density at radius 1 is 1.21 bits per heavy atom. The smallest absolute Gasteiger partial charge is 0.243 e. The first kappa shape index (κ1) is 20.9. The van der Waals surface area contributed by atoms with Gasteiger partial charge in [-0.25, -0.2) is 8.42 Å². The van der Waals surface area contributed by atoms with Crippen LogP contribution in [0, 0.1) is 5.92 Å². The number of rotatable bonds is 7. The molecule has 2 aliphatic heterocycles. The second-order valence-corrected chi connectivity index (χ2v) is 9.04. The Kier molecular flexibility index (Phi) is 6.79. The maximum atomic E-state index is 13.1. The summed E-state index contributed by atoms with van der Waals surface area (Å²) in [6.07, 6.45) is 3.35. The van der Waals surface area contributed by atoms with Crippen LogP contribution in [0.1, 0.15) is 25.7 Å². The zero-order valence-corrected chi connectivity index (χ0v) is 17.2. The lowest BCUT2D eigenvalue weighted by Gasteiger charge is -2.31. The SMILES string of the molecule is COc1ccc(S(=O)(=O)N2CCC[C@H](C(=O)NC[C@H]3CCCO3)C2)cc1OC. The predicted octanol–water partition coefficient (Wildman–Crippen LogP) is 1.40. The number of nitrogens with zero attached hydrogens (tertiary/aromatic N) is 1. The molecule has 9 heteroatoms. The van der Waals surface area contributed by atoms with Crippen LogP contribution in [0.5, 0.6) is 11.5 Å². The minimum atomic E-state index is -3.72. The Hall–Kier alpha value is -1.84. The van der Waals surface area contributed by atoms with Crippen LogP contribution in [-0.2, 0) is 19.6 Å². The molecular formula is C19H28N2O6S. The van der Waals surface area contributed by atoms with Crippen LogP contribution in [0.4, 0.5) is 0 Å². The van der Waals surface area contributed by atoms with Gasteiger partial charge < -0.3 is 19.5 Å². The van der Waals surface area contributed by atoms with Crippen LogP contribution in [0.25, 0.3) is 0 Å². The maximum absolute atomic E-state index is 13.1. The van der Waals surface area contributed by atoms with E-state index >= 15 is 0 Å². The summed E-state index contributed by atoms with van der Waals surface area (Å²) in [6.45, 7) is 1.79. The van der Waals surface area contributed by atoms with Gasteiger partial charge in [0, 0.05) is 32.3 Å². The Bertz CT molecular complexity index is 792. The van der Waals surface area contributed by atoms with Crippen molar-refractivity contribution in [1.29, 1.82) is 0 Å². The molecule has 2 heterocycles. The Morgan fingerprint density at radius 2 is 2.00 bits per heavy atom. The van der Waals surface area contributed by atoms with Crippen molar-refractivity contribution in [1.82, 2.24) is 9.62 Å². The summed E-state index contributed by atoms with van der Waals surface area (Å²) < 4.78 is 43.4. The van der Waals surface area contributed by atoms with Crippen LogP contribution in [0.3, 0.4) is 0 Å². The van der Waals surface area contributed by atoms with E-state index in [1.165, 1.54) is 30.7 Å². The lowest BCUT2D eigenvalue weighted by molar-refractivity contribution is -0.126. The van der Waals surface area contributed by atoms with Crippen molar-refractivity contribution in [2.75, 3.05) is 40.5 Å². The number of hydrogen-bond acceptors (Lipinski definition) is 6. The summed E-state index contributed by atoms with van der Waals surface area (Å²) in [7, 11) is -0.765. The zero-order valence-electron chi connectivity index (χ0n) is 16.3. The topological polar surface area (TPSA) is 94.2 Å². The fourth-order valence-corrected chi connectivity index (χ4v) is 5.20. The second kappa shape index (κ2) is 9.11. The molecule has 0 aliphatic carbocycles. The van der Waals surface area contributed by atoms with Crippen molar-refractivity contribution in [3.63, 3.8) is 0 Å². The van der Waals surface area contributed by atoms with Crippen LogP contribution in [-0.4, -0.2) is 65.2 Å². The Balaban J connectivity index is 1.67. The van der Waals surface area contributed by atoms with Crippen LogP contribution in [0.2, 0.25) is 0 Å². The molecular weight excluding hydrogens is 384 g/mol. The summed E-state index contributed by atoms with van der Waals surface area (Å²) in [6, 6.07) is 4.52. The van der Waals surface area contributed by atoms with E-state index in [0.29, 0.717) is 37.4 Å². The Morgan fingerprint density at radius 3 is 2.68 bits per heavy atom. The zero-order chi connectivity index (χ0) is 20.1. The van der Waals surface area contributed by atoms with E-state index in [2.05, 4.69) is 5.32 Å². The molecule has 0 radical (unpaired) electrons. The van der Waals surface area contributed by atoms with Gasteiger partial charge in [0.2, 0.25) is 15.9 Å². The summed E-state index contributed by atoms with van der Waals surface area (Å²) in [5.74, 6) is 0.353. The minimum absolute atomic E-state index is 0.0686. The van der Waals surface area contributed by atoms with Crippen LogP contribution < -0.4 is 14.8 Å². The van der Waals surface area contributed by atoms with E-state index in [1.807, 2.05) is 0 Å². The fraction of sp³-hybridized carbons (Fsp3) is 0.632. The number of nitrogens with one attached hydrogen (secondary N) is 1. The molecule has 2 atom stereocenters. The number of piperidine rings is 1. The predicted molar refractivity (Wildman–Crippen MR) is 103 cm³/mol. The van der Waals surface area contributed by atoms with Crippen LogP contribution >= 0.6 is 0 Å². The summed E-state index contributed by atoms with van der Waals surface area (Å²) in [5.41, 5.74) is 0. The van der Waals surface area contributed by atoms with Crippen molar-refractivity contribution >= 4 is 15.9 Å². The third-order valence-electron chi connectivity index (χ3n) is 5.28. The van der Waals surface area contributed by atoms with Crippen molar-refractivity contribution in [2.24, 2.45) is 5.92 Å². The minimum Gasteiger partial charge on any atom is -0.493 e. The molecule has 2 fully saturated rings. The average Bonchev–Trinajstić information content (AvgIpc) is 3.25. The van der Waals surface area contributed by atoms with Gasteiger partial charge in [-0.05, 0) is 37.8 Å². The molecule has 8 nitrogen and oxygen atoms in total. The van der Waals surface area contributed by atoms with E-state index in [-0.39, 0.29) is 29.4 Å². The van der Waals surface area contributed by atoms with Gasteiger partial charge in [0.25, 0.3) is 0 Å². The molecule has 0 spiro atoms. The first-order valence-electron chi connectivity index (χ1n) is 9.57. The quantitative estimate of drug-likeness (QED) is 0.728. The van der Waals surface area contributed by atoms with E-state index in [9.17, 15) is 13.2 Å². The number of benzene rings is 1. The highest BCUT2D eigenvalue weighted by molar-refractivity contribution is 7.89. The molecule has 2 aliphatic rings. The van der Waals surface area contributed by atoms with Crippen molar-refractivity contribution in [3.05, 3.63) is 18.2 Å². The van der Waals surface area contributed by atoms with Crippen LogP contribution in [0.15, 0.2) is 23.1 Å². The highest BCUT2D eigenvalue weighted by Crippen LogP contribution is 2.32. The molecule has 1 N–H and O–H groups in total. The second-order valence-electron chi connectivity index (χ2n) is 7.10. The molecule has 3 rings (SSSR count). The summed E-state index contributed by atoms with van der Waals surface area (Å²) in [5, 5.41) is 2.92. The maximum Gasteiger partial charge on any atom is 0.243 e. The summed E-state index contributed by atoms with van der Waals surface area (Å²) in [4.78, 5) is 12.7. The van der Waals surface area contributed by atoms with Gasteiger partial charge >= 0.3 is 0 Å². The number of carbonyl (C=O) groups is 1. The van der Waals surface area contributed by atoms with Gasteiger partial charge in [0.15, 0.2) is 11.5 Å². The fourth-order valence-electron chi connectivity index (χ4n) is 3.66. The van der Waals surface area contributed by atoms with Crippen molar-refractivity contribution in [2.45, 2.75) is 36.7 Å². The molecule has 1 amide bonds. The van der Waals surface area contributed by atoms with E-state index in [4.69, 9.17) is 14.2 Å². The first-order valence-corrected chi connectivity index (χ1v) is 11.0. The number of carbonyl (C=O) groups excluding carboxylic acids is 1. The molecule has 0 bridgehead atoms. The van der Waals surface area contributed by atoms with Gasteiger partial charge in [-0.3, -0.25) is 4.79 Å². The number of methoxy groups -OCH3 is 2. The third kappa shape index (κ3) is 4.59. The van der Waals surface area contributed by atoms with E-state index < -0.39 is 10.0 Å². The van der Waals surface area contributed by atoms with Crippen molar-refractivity contribution in [3.8, 4) is 11.5 Å². The van der Waals surface area contributed by atoms with Gasteiger partial charge in [-0.2, -0.15) is 4.31 Å². The van der Waals surface area contributed by atoms with E-state index in [0.717, 1.165) is 19.4 Å². The molecule has 0 aromatic heterocycles. The van der Waals surface area contributed by atoms with Crippen molar-refractivity contribution < 1.29 is 27.4 Å². The molecule has 1 aromatic rings. The highest BCUT2D eigenvalue weighted by atomic mass is 32.2. The summed E-state index contributed by atoms with van der Waals surface area (Å²) >= 11 is 0. The molecule has 28 heavy (non-hydrogen) atoms. The number of sulfonamides is 1. The standard InChI is InChI=1S/C19H28N2O6S/c1-25-17-8-7-16(11-18(17)26-2)28(23,24)21-9-3-5-14(13-21)19(22)20-12-15-6-4-10-27-15/h7-8,11,14-15H,3-6,9-10,12-13H2,1-2H3,(H,20,22)/t14-,15+/m0/s1. The lowest BCUT2D eigenvalue weighted by atomic mass is 9.99. The average molecular weight is 413 g/mol.